The summed E-state index contributed by atoms with van der Waals surface area (Å²) in [7, 11) is -1.94. The van der Waals surface area contributed by atoms with E-state index in [1.165, 1.54) is 6.42 Å². The van der Waals surface area contributed by atoms with Gasteiger partial charge in [-0.15, -0.1) is 0 Å². The molecule has 1 saturated heterocycles. The zero-order valence-corrected chi connectivity index (χ0v) is 26.5. The van der Waals surface area contributed by atoms with Gasteiger partial charge >= 0.3 is 0 Å². The summed E-state index contributed by atoms with van der Waals surface area (Å²) in [5, 5.41) is 21.7. The second-order valence-electron chi connectivity index (χ2n) is 13.3. The highest BCUT2D eigenvalue weighted by molar-refractivity contribution is 6.74. The molecule has 2 aliphatic heterocycles. The Morgan fingerprint density at radius 3 is 2.78 bits per heavy atom. The van der Waals surface area contributed by atoms with Crippen LogP contribution in [0.5, 0.6) is 0 Å². The number of aromatic nitrogens is 4. The van der Waals surface area contributed by atoms with Crippen molar-refractivity contribution in [2.24, 2.45) is 0 Å². The summed E-state index contributed by atoms with van der Waals surface area (Å²) in [6.07, 6.45) is 5.34. The maximum absolute atomic E-state index is 10.0. The van der Waals surface area contributed by atoms with E-state index in [0.29, 0.717) is 23.9 Å². The number of hydrogen-bond acceptors (Lipinski definition) is 8. The lowest BCUT2D eigenvalue weighted by molar-refractivity contribution is 0.00370. The van der Waals surface area contributed by atoms with Crippen LogP contribution in [-0.2, 0) is 21.1 Å². The number of aryl methyl sites for hydroxylation is 1. The van der Waals surface area contributed by atoms with Crippen LogP contribution in [0.25, 0.3) is 11.3 Å². The van der Waals surface area contributed by atoms with Crippen molar-refractivity contribution in [1.82, 2.24) is 19.7 Å². The van der Waals surface area contributed by atoms with Crippen molar-refractivity contribution < 1.29 is 9.16 Å². The highest BCUT2D eigenvalue weighted by Crippen LogP contribution is 2.44. The zero-order chi connectivity index (χ0) is 29.4. The minimum atomic E-state index is -1.94. The molecule has 5 rings (SSSR count). The number of nitriles is 1. The SMILES string of the molecule is Cc1cc(Nc2nccc(-c3cc(C#N)c4c(c3)[C@@](C)(CO[Si](C)(C)C(C)(C)C)CN4)n2)nn1CC1CCCCO1. The van der Waals surface area contributed by atoms with Gasteiger partial charge in [0.25, 0.3) is 0 Å². The van der Waals surface area contributed by atoms with Gasteiger partial charge < -0.3 is 19.8 Å². The minimum absolute atomic E-state index is 0.125. The Kier molecular flexibility index (Phi) is 7.98. The molecule has 3 aromatic rings. The highest BCUT2D eigenvalue weighted by Gasteiger charge is 2.42. The van der Waals surface area contributed by atoms with Gasteiger partial charge in [0, 0.05) is 48.7 Å². The molecule has 10 heteroatoms. The van der Waals surface area contributed by atoms with Crippen LogP contribution in [0.2, 0.25) is 18.1 Å². The van der Waals surface area contributed by atoms with Crippen molar-refractivity contribution in [2.75, 3.05) is 30.4 Å². The molecule has 0 amide bonds. The van der Waals surface area contributed by atoms with Crippen LogP contribution < -0.4 is 10.6 Å². The molecular weight excluding hydrogens is 530 g/mol. The number of benzene rings is 1. The molecule has 2 atom stereocenters. The third-order valence-electron chi connectivity index (χ3n) is 8.95. The van der Waals surface area contributed by atoms with Crippen LogP contribution in [-0.4, -0.2) is 53.9 Å². The van der Waals surface area contributed by atoms with E-state index in [9.17, 15) is 5.26 Å². The Balaban J connectivity index is 1.38. The van der Waals surface area contributed by atoms with E-state index in [2.05, 4.69) is 68.5 Å². The Morgan fingerprint density at radius 1 is 1.27 bits per heavy atom. The average molecular weight is 574 g/mol. The first-order valence-corrected chi connectivity index (χ1v) is 17.5. The van der Waals surface area contributed by atoms with Crippen LogP contribution in [0.15, 0.2) is 30.5 Å². The number of nitrogens with one attached hydrogen (secondary N) is 2. The van der Waals surface area contributed by atoms with Gasteiger partial charge in [0.05, 0.1) is 29.6 Å². The Bertz CT molecular complexity index is 1450. The van der Waals surface area contributed by atoms with E-state index in [0.717, 1.165) is 60.7 Å². The minimum Gasteiger partial charge on any atom is -0.416 e. The summed E-state index contributed by atoms with van der Waals surface area (Å²) in [6.45, 7) is 18.5. The molecule has 2 aliphatic rings. The van der Waals surface area contributed by atoms with Crippen molar-refractivity contribution >= 4 is 25.8 Å². The van der Waals surface area contributed by atoms with Gasteiger partial charge in [-0.05, 0) is 68.1 Å². The van der Waals surface area contributed by atoms with Crippen molar-refractivity contribution in [3.8, 4) is 17.3 Å². The topological polar surface area (TPSA) is 110 Å². The Hall–Kier alpha value is -3.26. The van der Waals surface area contributed by atoms with E-state index in [1.54, 1.807) is 6.20 Å². The second kappa shape index (κ2) is 11.2. The van der Waals surface area contributed by atoms with E-state index >= 15 is 0 Å². The average Bonchev–Trinajstić information content (AvgIpc) is 3.46. The molecule has 0 bridgehead atoms. The molecule has 2 N–H and O–H groups in total. The van der Waals surface area contributed by atoms with Gasteiger partial charge in [0.1, 0.15) is 6.07 Å². The molecule has 1 unspecified atom stereocenters. The quantitative estimate of drug-likeness (QED) is 0.292. The van der Waals surface area contributed by atoms with Gasteiger partial charge in [-0.2, -0.15) is 10.4 Å². The molecule has 4 heterocycles. The first-order valence-electron chi connectivity index (χ1n) is 14.6. The monoisotopic (exact) mass is 573 g/mol. The summed E-state index contributed by atoms with van der Waals surface area (Å²) in [4.78, 5) is 9.26. The van der Waals surface area contributed by atoms with Crippen LogP contribution >= 0.6 is 0 Å². The predicted molar refractivity (Wildman–Crippen MR) is 165 cm³/mol. The van der Waals surface area contributed by atoms with E-state index < -0.39 is 8.32 Å². The Morgan fingerprint density at radius 2 is 2.07 bits per heavy atom. The molecule has 1 fully saturated rings. The highest BCUT2D eigenvalue weighted by atomic mass is 28.4. The van der Waals surface area contributed by atoms with Gasteiger partial charge in [0.2, 0.25) is 5.95 Å². The van der Waals surface area contributed by atoms with Gasteiger partial charge in [-0.3, -0.25) is 4.68 Å². The third kappa shape index (κ3) is 6.17. The molecular formula is C31H43N7O2Si. The van der Waals surface area contributed by atoms with Gasteiger partial charge in [0.15, 0.2) is 14.1 Å². The normalized spacial score (nSPS) is 20.8. The summed E-state index contributed by atoms with van der Waals surface area (Å²) in [5.41, 5.74) is 5.03. The molecule has 1 aromatic carbocycles. The summed E-state index contributed by atoms with van der Waals surface area (Å²) < 4.78 is 14.6. The maximum Gasteiger partial charge on any atom is 0.228 e. The fraction of sp³-hybridized carbons (Fsp3) is 0.548. The molecule has 218 valence electrons. The molecule has 0 aliphatic carbocycles. The largest absolute Gasteiger partial charge is 0.416 e. The molecule has 0 saturated carbocycles. The van der Waals surface area contributed by atoms with Crippen molar-refractivity contribution in [3.63, 3.8) is 0 Å². The zero-order valence-electron chi connectivity index (χ0n) is 25.5. The molecule has 0 radical (unpaired) electrons. The first kappa shape index (κ1) is 29.2. The second-order valence-corrected chi connectivity index (χ2v) is 18.1. The number of ether oxygens (including phenoxy) is 1. The number of anilines is 3. The predicted octanol–water partition coefficient (Wildman–Crippen LogP) is 6.54. The smallest absolute Gasteiger partial charge is 0.228 e. The van der Waals surface area contributed by atoms with Crippen LogP contribution in [0.3, 0.4) is 0 Å². The summed E-state index contributed by atoms with van der Waals surface area (Å²) in [6, 6.07) is 10.3. The van der Waals surface area contributed by atoms with Gasteiger partial charge in [-0.1, -0.05) is 27.7 Å². The standard InChI is InChI=1S/C31H43N7O2Si/c1-21-14-27(37-38(21)18-24-10-8-9-13-39-24)36-29-33-12-11-26(35-29)22-15-23(17-32)28-25(16-22)31(5,19-34-28)20-40-41(6,7)30(2,3)4/h11-12,14-16,24,34H,8-10,13,18-20H2,1-7H3,(H,33,35,36,37)/t24?,31-/m1/s1. The first-order chi connectivity index (χ1) is 19.4. The summed E-state index contributed by atoms with van der Waals surface area (Å²) in [5.74, 6) is 1.16. The lowest BCUT2D eigenvalue weighted by atomic mass is 9.83. The molecule has 9 nitrogen and oxygen atoms in total. The number of fused-ring (bicyclic) bond motifs is 1. The number of rotatable bonds is 8. The Labute approximate surface area is 244 Å². The fourth-order valence-corrected chi connectivity index (χ4v) is 6.32. The number of hydrogen-bond donors (Lipinski definition) is 2. The molecule has 0 spiro atoms. The lowest BCUT2D eigenvalue weighted by Crippen LogP contribution is -2.45. The van der Waals surface area contributed by atoms with Crippen LogP contribution in [0.4, 0.5) is 17.5 Å². The van der Waals surface area contributed by atoms with E-state index in [1.807, 2.05) is 29.8 Å². The molecule has 2 aromatic heterocycles. The number of nitrogens with zero attached hydrogens (tertiary/aromatic N) is 5. The van der Waals surface area contributed by atoms with Crippen LogP contribution in [0.1, 0.15) is 63.8 Å². The van der Waals surface area contributed by atoms with Crippen LogP contribution in [0, 0.1) is 18.3 Å². The van der Waals surface area contributed by atoms with E-state index in [4.69, 9.17) is 19.2 Å². The van der Waals surface area contributed by atoms with E-state index in [-0.39, 0.29) is 16.6 Å². The van der Waals surface area contributed by atoms with Gasteiger partial charge in [-0.25, -0.2) is 9.97 Å². The third-order valence-corrected chi connectivity index (χ3v) is 13.4. The lowest BCUT2D eigenvalue weighted by Gasteiger charge is -2.39. The summed E-state index contributed by atoms with van der Waals surface area (Å²) >= 11 is 0. The van der Waals surface area contributed by atoms with Crippen molar-refractivity contribution in [3.05, 3.63) is 47.3 Å². The maximum atomic E-state index is 10.0. The fourth-order valence-electron chi connectivity index (χ4n) is 5.20. The van der Waals surface area contributed by atoms with Crippen molar-refractivity contribution in [1.29, 1.82) is 5.26 Å². The van der Waals surface area contributed by atoms with Crippen molar-refractivity contribution in [2.45, 2.75) is 90.1 Å². The molecule has 41 heavy (non-hydrogen) atoms.